The van der Waals surface area contributed by atoms with Gasteiger partial charge >= 0.3 is 0 Å². The summed E-state index contributed by atoms with van der Waals surface area (Å²) in [5.41, 5.74) is 0.955. The van der Waals surface area contributed by atoms with Crippen LogP contribution in [-0.4, -0.2) is 47.8 Å². The first-order chi connectivity index (χ1) is 13.6. The third-order valence-electron chi connectivity index (χ3n) is 6.34. The van der Waals surface area contributed by atoms with Gasteiger partial charge in [0.2, 0.25) is 0 Å². The zero-order valence-corrected chi connectivity index (χ0v) is 15.4. The molecule has 2 aliphatic carbocycles. The Bertz CT molecular complexity index is 1050. The molecular formula is C20H21N5O3. The number of carbonyl (C=O) groups excluding carboxylic acids is 1. The second-order valence-corrected chi connectivity index (χ2v) is 7.64. The molecule has 28 heavy (non-hydrogen) atoms. The first-order valence-corrected chi connectivity index (χ1v) is 9.49. The summed E-state index contributed by atoms with van der Waals surface area (Å²) in [5.74, 6) is 0.301. The molecule has 0 aliphatic heterocycles. The fourth-order valence-corrected chi connectivity index (χ4v) is 4.87. The van der Waals surface area contributed by atoms with Gasteiger partial charge in [-0.2, -0.15) is 0 Å². The van der Waals surface area contributed by atoms with Gasteiger partial charge in [-0.05, 0) is 30.4 Å². The lowest BCUT2D eigenvalue weighted by Crippen LogP contribution is -2.38. The molecule has 2 heterocycles. The Kier molecular flexibility index (Phi) is 3.75. The third kappa shape index (κ3) is 2.25. The number of aliphatic hydroxyl groups is 2. The van der Waals surface area contributed by atoms with Gasteiger partial charge in [-0.1, -0.05) is 31.5 Å². The molecule has 2 fully saturated rings. The third-order valence-corrected chi connectivity index (χ3v) is 6.34. The van der Waals surface area contributed by atoms with Crippen molar-refractivity contribution in [2.75, 3.05) is 5.32 Å². The first kappa shape index (κ1) is 17.3. The topological polar surface area (TPSA) is 113 Å². The average molecular weight is 379 g/mol. The predicted octanol–water partition coefficient (Wildman–Crippen LogP) is 1.56. The Hall–Kier alpha value is -2.84. The fraction of sp³-hybridized carbons (Fsp3) is 0.400. The average Bonchev–Trinajstić information content (AvgIpc) is 3.22. The van der Waals surface area contributed by atoms with Crippen molar-refractivity contribution in [3.8, 4) is 0 Å². The molecule has 1 aromatic carbocycles. The van der Waals surface area contributed by atoms with Crippen molar-refractivity contribution >= 4 is 22.9 Å². The molecule has 0 saturated heterocycles. The molecule has 0 spiro atoms. The zero-order chi connectivity index (χ0) is 19.5. The second-order valence-electron chi connectivity index (χ2n) is 7.64. The summed E-state index contributed by atoms with van der Waals surface area (Å²) in [6.07, 6.45) is 2.99. The summed E-state index contributed by atoms with van der Waals surface area (Å²) in [7, 11) is 0. The van der Waals surface area contributed by atoms with Crippen LogP contribution in [0.1, 0.15) is 30.1 Å². The molecule has 2 aromatic heterocycles. The Morgan fingerprint density at radius 3 is 2.75 bits per heavy atom. The molecule has 0 bridgehead atoms. The summed E-state index contributed by atoms with van der Waals surface area (Å²) >= 11 is 0. The second kappa shape index (κ2) is 6.08. The molecule has 0 radical (unpaired) electrons. The van der Waals surface area contributed by atoms with Gasteiger partial charge in [0, 0.05) is 5.56 Å². The van der Waals surface area contributed by atoms with Gasteiger partial charge in [-0.15, -0.1) is 0 Å². The molecule has 1 unspecified atom stereocenters. The van der Waals surface area contributed by atoms with E-state index in [-0.39, 0.29) is 17.7 Å². The summed E-state index contributed by atoms with van der Waals surface area (Å²) < 4.78 is 1.86. The fourth-order valence-electron chi connectivity index (χ4n) is 4.87. The highest BCUT2D eigenvalue weighted by Crippen LogP contribution is 2.65. The molecule has 2 saturated carbocycles. The molecule has 1 amide bonds. The lowest BCUT2D eigenvalue weighted by Gasteiger charge is -2.24. The zero-order valence-electron chi connectivity index (χ0n) is 15.4. The number of hydrogen-bond acceptors (Lipinski definition) is 6. The van der Waals surface area contributed by atoms with E-state index in [2.05, 4.69) is 20.3 Å². The Morgan fingerprint density at radius 2 is 2.04 bits per heavy atom. The highest BCUT2D eigenvalue weighted by Gasteiger charge is 2.71. The van der Waals surface area contributed by atoms with E-state index in [9.17, 15) is 15.0 Å². The van der Waals surface area contributed by atoms with Crippen LogP contribution in [0.2, 0.25) is 0 Å². The van der Waals surface area contributed by atoms with Crippen LogP contribution in [0.4, 0.5) is 5.82 Å². The molecule has 2 aliphatic rings. The van der Waals surface area contributed by atoms with Gasteiger partial charge < -0.3 is 20.1 Å². The first-order valence-electron chi connectivity index (χ1n) is 9.49. The van der Waals surface area contributed by atoms with Crippen LogP contribution in [0.15, 0.2) is 43.0 Å². The quantitative estimate of drug-likeness (QED) is 0.634. The minimum absolute atomic E-state index is 0.0616. The number of hydrogen-bond donors (Lipinski definition) is 3. The van der Waals surface area contributed by atoms with Crippen LogP contribution in [0.5, 0.6) is 0 Å². The van der Waals surface area contributed by atoms with Gasteiger partial charge in [0.1, 0.15) is 12.4 Å². The summed E-state index contributed by atoms with van der Waals surface area (Å²) in [5, 5.41) is 24.0. The number of fused-ring (bicyclic) bond motifs is 2. The number of benzene rings is 1. The van der Waals surface area contributed by atoms with Gasteiger partial charge in [0.15, 0.2) is 17.0 Å². The Morgan fingerprint density at radius 1 is 1.25 bits per heavy atom. The maximum absolute atomic E-state index is 12.5. The van der Waals surface area contributed by atoms with Gasteiger partial charge in [-0.3, -0.25) is 4.79 Å². The van der Waals surface area contributed by atoms with Crippen molar-refractivity contribution in [1.82, 2.24) is 19.5 Å². The number of nitrogens with one attached hydrogen (secondary N) is 1. The van der Waals surface area contributed by atoms with Gasteiger partial charge in [-0.25, -0.2) is 15.0 Å². The van der Waals surface area contributed by atoms with Crippen molar-refractivity contribution in [2.45, 2.75) is 37.5 Å². The van der Waals surface area contributed by atoms with E-state index >= 15 is 0 Å². The molecule has 5 rings (SSSR count). The van der Waals surface area contributed by atoms with Crippen molar-refractivity contribution in [3.05, 3.63) is 48.5 Å². The minimum Gasteiger partial charge on any atom is -0.390 e. The number of anilines is 1. The van der Waals surface area contributed by atoms with E-state index in [4.69, 9.17) is 0 Å². The number of rotatable bonds is 4. The molecule has 144 valence electrons. The lowest BCUT2D eigenvalue weighted by molar-refractivity contribution is -0.0177. The minimum atomic E-state index is -0.864. The predicted molar refractivity (Wildman–Crippen MR) is 102 cm³/mol. The summed E-state index contributed by atoms with van der Waals surface area (Å²) in [6, 6.07) is 8.88. The van der Waals surface area contributed by atoms with Crippen molar-refractivity contribution < 1.29 is 15.0 Å². The van der Waals surface area contributed by atoms with E-state index in [1.54, 1.807) is 30.6 Å². The maximum Gasteiger partial charge on any atom is 0.256 e. The van der Waals surface area contributed by atoms with Crippen LogP contribution in [0.3, 0.4) is 0 Å². The van der Waals surface area contributed by atoms with Crippen molar-refractivity contribution in [1.29, 1.82) is 0 Å². The smallest absolute Gasteiger partial charge is 0.256 e. The van der Waals surface area contributed by atoms with Crippen LogP contribution in [0.25, 0.3) is 11.2 Å². The van der Waals surface area contributed by atoms with E-state index in [0.29, 0.717) is 22.5 Å². The number of aliphatic hydroxyl groups excluding tert-OH is 2. The molecule has 8 nitrogen and oxygen atoms in total. The molecule has 3 aromatic rings. The molecule has 8 heteroatoms. The monoisotopic (exact) mass is 379 g/mol. The standard InChI is InChI=1S/C20H21N5O3/c1-2-12-13-8-20(13,16(27)15(12)26)25-10-23-14-17(21-9-22-18(14)25)24-19(28)11-6-4-3-5-7-11/h3-7,9-10,12-13,15-16,26-27H,2,8H2,1H3,(H,21,22,24,28)/t12-,13-,15+,16+,20?/m0/s1. The molecule has 5 atom stereocenters. The molecule has 3 N–H and O–H groups in total. The van der Waals surface area contributed by atoms with Gasteiger partial charge in [0.05, 0.1) is 18.0 Å². The van der Waals surface area contributed by atoms with Crippen LogP contribution in [0, 0.1) is 11.8 Å². The number of imidazole rings is 1. The highest BCUT2D eigenvalue weighted by atomic mass is 16.3. The Balaban J connectivity index is 1.52. The van der Waals surface area contributed by atoms with E-state index in [1.165, 1.54) is 6.33 Å². The number of aromatic nitrogens is 4. The number of nitrogens with zero attached hydrogens (tertiary/aromatic N) is 4. The number of carbonyl (C=O) groups is 1. The van der Waals surface area contributed by atoms with Crippen molar-refractivity contribution in [3.63, 3.8) is 0 Å². The molecular weight excluding hydrogens is 358 g/mol. The largest absolute Gasteiger partial charge is 0.390 e. The number of amides is 1. The van der Waals surface area contributed by atoms with E-state index in [0.717, 1.165) is 12.8 Å². The SMILES string of the molecule is CC[C@@H]1[C@@H](O)[C@@H](O)C2(n3cnc4c(NC(=O)c5ccccc5)ncnc43)C[C@@H]12. The normalized spacial score (nSPS) is 31.0. The lowest BCUT2D eigenvalue weighted by atomic mass is 9.97. The summed E-state index contributed by atoms with van der Waals surface area (Å²) in [4.78, 5) is 25.4. The summed E-state index contributed by atoms with van der Waals surface area (Å²) in [6.45, 7) is 2.03. The van der Waals surface area contributed by atoms with Crippen LogP contribution >= 0.6 is 0 Å². The Labute approximate surface area is 161 Å². The maximum atomic E-state index is 12.5. The van der Waals surface area contributed by atoms with Crippen LogP contribution < -0.4 is 5.32 Å². The van der Waals surface area contributed by atoms with Crippen LogP contribution in [-0.2, 0) is 5.54 Å². The van der Waals surface area contributed by atoms with Gasteiger partial charge in [0.25, 0.3) is 5.91 Å². The van der Waals surface area contributed by atoms with E-state index < -0.39 is 17.7 Å². The van der Waals surface area contributed by atoms with Crippen molar-refractivity contribution in [2.24, 2.45) is 11.8 Å². The van der Waals surface area contributed by atoms with E-state index in [1.807, 2.05) is 17.6 Å². The highest BCUT2D eigenvalue weighted by molar-refractivity contribution is 6.06.